The van der Waals surface area contributed by atoms with E-state index in [1.54, 1.807) is 0 Å². The summed E-state index contributed by atoms with van der Waals surface area (Å²) in [5.41, 5.74) is 2.50. The summed E-state index contributed by atoms with van der Waals surface area (Å²) in [6.45, 7) is 6.36. The highest BCUT2D eigenvalue weighted by atomic mass is 16.5. The van der Waals surface area contributed by atoms with Gasteiger partial charge in [-0.3, -0.25) is 0 Å². The SMILES string of the molecule is CCNC1CCCCc2nc(COCC)ncc21. The van der Waals surface area contributed by atoms with Crippen molar-refractivity contribution in [2.24, 2.45) is 0 Å². The van der Waals surface area contributed by atoms with Crippen molar-refractivity contribution in [3.63, 3.8) is 0 Å². The van der Waals surface area contributed by atoms with Gasteiger partial charge in [0.15, 0.2) is 5.82 Å². The zero-order valence-corrected chi connectivity index (χ0v) is 11.4. The lowest BCUT2D eigenvalue weighted by molar-refractivity contribution is 0.128. The minimum absolute atomic E-state index is 0.425. The molecule has 1 atom stereocenters. The molecular weight excluding hydrogens is 226 g/mol. The quantitative estimate of drug-likeness (QED) is 0.814. The number of ether oxygens (including phenoxy) is 1. The Hall–Kier alpha value is -1.00. The molecule has 18 heavy (non-hydrogen) atoms. The lowest BCUT2D eigenvalue weighted by Crippen LogP contribution is -2.22. The zero-order valence-electron chi connectivity index (χ0n) is 11.4. The topological polar surface area (TPSA) is 47.0 Å². The van der Waals surface area contributed by atoms with Crippen molar-refractivity contribution >= 4 is 0 Å². The second-order valence-corrected chi connectivity index (χ2v) is 4.68. The molecule has 4 nitrogen and oxygen atoms in total. The highest BCUT2D eigenvalue weighted by molar-refractivity contribution is 5.23. The molecule has 0 saturated carbocycles. The smallest absolute Gasteiger partial charge is 0.154 e. The first kappa shape index (κ1) is 13.4. The van der Waals surface area contributed by atoms with Crippen LogP contribution in [0, 0.1) is 0 Å². The monoisotopic (exact) mass is 249 g/mol. The van der Waals surface area contributed by atoms with Gasteiger partial charge in [-0.2, -0.15) is 0 Å². The fraction of sp³-hybridized carbons (Fsp3) is 0.714. The van der Waals surface area contributed by atoms with Crippen molar-refractivity contribution in [2.45, 2.75) is 52.2 Å². The minimum Gasteiger partial charge on any atom is -0.374 e. The largest absolute Gasteiger partial charge is 0.374 e. The first-order valence-corrected chi connectivity index (χ1v) is 7.01. The van der Waals surface area contributed by atoms with E-state index in [1.165, 1.54) is 30.5 Å². The molecule has 0 bridgehead atoms. The summed E-state index contributed by atoms with van der Waals surface area (Å²) >= 11 is 0. The lowest BCUT2D eigenvalue weighted by atomic mass is 10.1. The summed E-state index contributed by atoms with van der Waals surface area (Å²) in [6.07, 6.45) is 6.73. The van der Waals surface area contributed by atoms with Crippen molar-refractivity contribution < 1.29 is 4.74 Å². The fourth-order valence-electron chi connectivity index (χ4n) is 2.48. The molecule has 1 N–H and O–H groups in total. The third-order valence-corrected chi connectivity index (χ3v) is 3.37. The molecule has 1 aromatic rings. The van der Waals surface area contributed by atoms with Crippen molar-refractivity contribution in [3.8, 4) is 0 Å². The second kappa shape index (κ2) is 6.81. The summed E-state index contributed by atoms with van der Waals surface area (Å²) < 4.78 is 5.38. The lowest BCUT2D eigenvalue weighted by Gasteiger charge is -2.17. The maximum atomic E-state index is 5.38. The molecule has 4 heteroatoms. The molecule has 0 amide bonds. The molecule has 0 aliphatic heterocycles. The highest BCUT2D eigenvalue weighted by Crippen LogP contribution is 2.26. The van der Waals surface area contributed by atoms with Gasteiger partial charge in [-0.05, 0) is 32.7 Å². The van der Waals surface area contributed by atoms with Crippen LogP contribution in [0.2, 0.25) is 0 Å². The van der Waals surface area contributed by atoms with E-state index in [0.717, 1.165) is 18.8 Å². The van der Waals surface area contributed by atoms with Gasteiger partial charge in [0, 0.05) is 30.1 Å². The van der Waals surface area contributed by atoms with Crippen molar-refractivity contribution in [1.29, 1.82) is 0 Å². The Labute approximate surface area is 109 Å². The molecule has 1 unspecified atom stereocenters. The first-order chi connectivity index (χ1) is 8.85. The number of nitrogens with one attached hydrogen (secondary N) is 1. The van der Waals surface area contributed by atoms with Gasteiger partial charge in [0.05, 0.1) is 0 Å². The van der Waals surface area contributed by atoms with Crippen LogP contribution in [0.4, 0.5) is 0 Å². The third kappa shape index (κ3) is 3.27. The van der Waals surface area contributed by atoms with E-state index in [-0.39, 0.29) is 0 Å². The third-order valence-electron chi connectivity index (χ3n) is 3.37. The van der Waals surface area contributed by atoms with E-state index >= 15 is 0 Å². The Morgan fingerprint density at radius 3 is 3.06 bits per heavy atom. The molecule has 100 valence electrons. The molecule has 0 spiro atoms. The molecule has 0 saturated heterocycles. The van der Waals surface area contributed by atoms with Crippen LogP contribution >= 0.6 is 0 Å². The van der Waals surface area contributed by atoms with E-state index in [9.17, 15) is 0 Å². The normalized spacial score (nSPS) is 19.3. The predicted octanol–water partition coefficient (Wildman–Crippen LogP) is 2.39. The summed E-state index contributed by atoms with van der Waals surface area (Å²) in [4.78, 5) is 9.09. The van der Waals surface area contributed by atoms with E-state index in [2.05, 4.69) is 22.2 Å². The van der Waals surface area contributed by atoms with Crippen LogP contribution in [0.3, 0.4) is 0 Å². The summed E-state index contributed by atoms with van der Waals surface area (Å²) in [5.74, 6) is 0.813. The van der Waals surface area contributed by atoms with E-state index in [4.69, 9.17) is 4.74 Å². The van der Waals surface area contributed by atoms with Gasteiger partial charge >= 0.3 is 0 Å². The van der Waals surface area contributed by atoms with Crippen LogP contribution in [0.1, 0.15) is 56.2 Å². The molecule has 2 rings (SSSR count). The number of hydrogen-bond acceptors (Lipinski definition) is 4. The number of hydrogen-bond donors (Lipinski definition) is 1. The van der Waals surface area contributed by atoms with Gasteiger partial charge in [0.1, 0.15) is 6.61 Å². The van der Waals surface area contributed by atoms with Gasteiger partial charge in [-0.25, -0.2) is 9.97 Å². The molecule has 0 radical (unpaired) electrons. The second-order valence-electron chi connectivity index (χ2n) is 4.68. The van der Waals surface area contributed by atoms with Crippen molar-refractivity contribution in [2.75, 3.05) is 13.2 Å². The Balaban J connectivity index is 2.18. The first-order valence-electron chi connectivity index (χ1n) is 7.01. The average Bonchev–Trinajstić information content (AvgIpc) is 2.59. The van der Waals surface area contributed by atoms with Gasteiger partial charge < -0.3 is 10.1 Å². The van der Waals surface area contributed by atoms with Crippen LogP contribution in [-0.2, 0) is 17.8 Å². The predicted molar refractivity (Wildman–Crippen MR) is 71.3 cm³/mol. The van der Waals surface area contributed by atoms with Gasteiger partial charge in [0.25, 0.3) is 0 Å². The fourth-order valence-corrected chi connectivity index (χ4v) is 2.48. The molecule has 0 fully saturated rings. The van der Waals surface area contributed by atoms with Crippen molar-refractivity contribution in [1.82, 2.24) is 15.3 Å². The van der Waals surface area contributed by atoms with Crippen LogP contribution in [0.15, 0.2) is 6.20 Å². The highest BCUT2D eigenvalue weighted by Gasteiger charge is 2.19. The molecule has 1 aliphatic rings. The number of aromatic nitrogens is 2. The number of fused-ring (bicyclic) bond motifs is 1. The summed E-state index contributed by atoms with van der Waals surface area (Å²) in [6, 6.07) is 0.425. The van der Waals surface area contributed by atoms with Gasteiger partial charge in [0.2, 0.25) is 0 Å². The maximum absolute atomic E-state index is 5.38. The number of rotatable bonds is 5. The van der Waals surface area contributed by atoms with E-state index in [1.807, 2.05) is 13.1 Å². The zero-order chi connectivity index (χ0) is 12.8. The van der Waals surface area contributed by atoms with Crippen LogP contribution in [0.25, 0.3) is 0 Å². The molecular formula is C14H23N3O. The molecule has 0 aromatic carbocycles. The van der Waals surface area contributed by atoms with Crippen LogP contribution in [-0.4, -0.2) is 23.1 Å². The average molecular weight is 249 g/mol. The van der Waals surface area contributed by atoms with Crippen molar-refractivity contribution in [3.05, 3.63) is 23.3 Å². The Morgan fingerprint density at radius 2 is 2.28 bits per heavy atom. The number of aryl methyl sites for hydroxylation is 1. The van der Waals surface area contributed by atoms with Gasteiger partial charge in [-0.1, -0.05) is 13.3 Å². The summed E-state index contributed by atoms with van der Waals surface area (Å²) in [5, 5.41) is 3.53. The molecule has 1 heterocycles. The maximum Gasteiger partial charge on any atom is 0.154 e. The van der Waals surface area contributed by atoms with Crippen LogP contribution < -0.4 is 5.32 Å². The minimum atomic E-state index is 0.425. The molecule has 1 aliphatic carbocycles. The van der Waals surface area contributed by atoms with Crippen LogP contribution in [0.5, 0.6) is 0 Å². The van der Waals surface area contributed by atoms with E-state index < -0.39 is 0 Å². The Morgan fingerprint density at radius 1 is 1.39 bits per heavy atom. The molecule has 1 aromatic heterocycles. The number of nitrogens with zero attached hydrogens (tertiary/aromatic N) is 2. The van der Waals surface area contributed by atoms with E-state index in [0.29, 0.717) is 19.3 Å². The Bertz CT molecular complexity index is 381. The standard InChI is InChI=1S/C14H23N3O/c1-3-15-12-7-5-6-8-13-11(12)9-16-14(17-13)10-18-4-2/h9,12,15H,3-8,10H2,1-2H3. The van der Waals surface area contributed by atoms with Gasteiger partial charge in [-0.15, -0.1) is 0 Å². The summed E-state index contributed by atoms with van der Waals surface area (Å²) in [7, 11) is 0. The Kier molecular flexibility index (Phi) is 5.08.